The fourth-order valence-electron chi connectivity index (χ4n) is 8.78. The Morgan fingerprint density at radius 3 is 2.46 bits per heavy atom. The van der Waals surface area contributed by atoms with Crippen molar-refractivity contribution in [2.24, 2.45) is 7.05 Å². The van der Waals surface area contributed by atoms with Crippen molar-refractivity contribution in [2.45, 2.75) is 50.6 Å². The first-order valence-electron chi connectivity index (χ1n) is 21.3. The van der Waals surface area contributed by atoms with E-state index in [2.05, 4.69) is 53.9 Å². The van der Waals surface area contributed by atoms with E-state index in [-0.39, 0.29) is 36.4 Å². The van der Waals surface area contributed by atoms with Crippen LogP contribution in [0.2, 0.25) is 0 Å². The molecule has 0 spiro atoms. The Kier molecular flexibility index (Phi) is 11.8. The summed E-state index contributed by atoms with van der Waals surface area (Å²) in [5.74, 6) is 4.52. The number of halogens is 2. The zero-order chi connectivity index (χ0) is 43.6. The number of aromatic amines is 1. The standard InChI is InChI=1S/C47H47F2N9O5/c1-55-42-26-29(6-10-40(42)58(47(55)62)41-11-12-43(59)51-46(41)61)4-2-3-15-56-16-18-57(19-17-56)35-7-8-36(39(28-35)50-34-13-20-63-21-14-34)45(60)52-44-37-25-30(5-9-38(37)53-54-44)22-31-23-32(48)27-33(49)24-31/h5-10,23-28,34,41,50H,3,11-22H2,1H3,(H,51,59,61)(H2,52,53,54,60). The smallest absolute Gasteiger partial charge is 0.329 e. The molecule has 3 amide bonds. The molecule has 0 radical (unpaired) electrons. The van der Waals surface area contributed by atoms with E-state index in [1.165, 1.54) is 21.3 Å². The number of anilines is 3. The number of aromatic nitrogens is 4. The highest BCUT2D eigenvalue weighted by atomic mass is 19.1. The monoisotopic (exact) mass is 855 g/mol. The molecule has 4 N–H and O–H groups in total. The number of piperidine rings is 1. The normalized spacial score (nSPS) is 17.4. The molecule has 0 bridgehead atoms. The minimum absolute atomic E-state index is 0.146. The summed E-state index contributed by atoms with van der Waals surface area (Å²) in [5, 5.41) is 17.0. The largest absolute Gasteiger partial charge is 0.381 e. The van der Waals surface area contributed by atoms with E-state index in [0.29, 0.717) is 64.9 Å². The van der Waals surface area contributed by atoms with E-state index in [4.69, 9.17) is 4.74 Å². The predicted octanol–water partition coefficient (Wildman–Crippen LogP) is 5.47. The molecule has 6 aromatic rings. The highest BCUT2D eigenvalue weighted by Crippen LogP contribution is 2.30. The average molecular weight is 856 g/mol. The number of fused-ring (bicyclic) bond motifs is 2. The summed E-state index contributed by atoms with van der Waals surface area (Å²) in [4.78, 5) is 56.1. The third-order valence-corrected chi connectivity index (χ3v) is 12.2. The second-order valence-corrected chi connectivity index (χ2v) is 16.4. The maximum Gasteiger partial charge on any atom is 0.329 e. The Morgan fingerprint density at radius 2 is 1.68 bits per heavy atom. The number of imide groups is 1. The number of piperazine rings is 1. The number of carbonyl (C=O) groups excluding carboxylic acids is 3. The van der Waals surface area contributed by atoms with Crippen LogP contribution < -0.4 is 26.5 Å². The first-order chi connectivity index (χ1) is 30.6. The van der Waals surface area contributed by atoms with Gasteiger partial charge in [0.25, 0.3) is 5.91 Å². The zero-order valence-corrected chi connectivity index (χ0v) is 34.8. The molecule has 14 nitrogen and oxygen atoms in total. The molecule has 3 aliphatic heterocycles. The SMILES string of the molecule is Cn1c(=O)n(C2CCC(=O)NC2=O)c2ccc(C#CCCN3CCN(c4ccc(C(=O)Nc5n[nH]c6ccc(Cc7cc(F)cc(F)c7)cc56)c(NC5CCOCC5)c4)CC3)cc21. The maximum atomic E-state index is 14.0. The van der Waals surface area contributed by atoms with Gasteiger partial charge in [-0.1, -0.05) is 17.9 Å². The Hall–Kier alpha value is -6.83. The lowest BCUT2D eigenvalue weighted by Gasteiger charge is -2.36. The number of hydrogen-bond donors (Lipinski definition) is 4. The zero-order valence-electron chi connectivity index (χ0n) is 34.8. The van der Waals surface area contributed by atoms with Crippen LogP contribution in [0, 0.1) is 23.5 Å². The third-order valence-electron chi connectivity index (χ3n) is 12.2. The molecule has 1 unspecified atom stereocenters. The van der Waals surface area contributed by atoms with Crippen LogP contribution in [-0.2, 0) is 27.8 Å². The highest BCUT2D eigenvalue weighted by Gasteiger charge is 2.31. The molecule has 9 rings (SSSR count). The summed E-state index contributed by atoms with van der Waals surface area (Å²) in [7, 11) is 1.67. The molecule has 0 aliphatic carbocycles. The molecular formula is C47H47F2N9O5. The summed E-state index contributed by atoms with van der Waals surface area (Å²) in [6.07, 6.45) is 3.08. The van der Waals surface area contributed by atoms with Gasteiger partial charge < -0.3 is 20.3 Å². The van der Waals surface area contributed by atoms with Crippen molar-refractivity contribution >= 4 is 56.9 Å². The third kappa shape index (κ3) is 9.06. The minimum atomic E-state index is -0.735. The van der Waals surface area contributed by atoms with Crippen LogP contribution in [0.5, 0.6) is 0 Å². The van der Waals surface area contributed by atoms with Gasteiger partial charge in [-0.25, -0.2) is 13.6 Å². The number of amides is 3. The predicted molar refractivity (Wildman–Crippen MR) is 236 cm³/mol. The van der Waals surface area contributed by atoms with Gasteiger partial charge in [-0.15, -0.1) is 0 Å². The van der Waals surface area contributed by atoms with Crippen LogP contribution in [0.15, 0.2) is 77.6 Å². The summed E-state index contributed by atoms with van der Waals surface area (Å²) >= 11 is 0. The molecule has 2 aromatic heterocycles. The molecule has 324 valence electrons. The van der Waals surface area contributed by atoms with Gasteiger partial charge in [0.15, 0.2) is 5.82 Å². The topological polar surface area (TPSA) is 159 Å². The van der Waals surface area contributed by atoms with Crippen LogP contribution in [0.1, 0.15) is 65.2 Å². The maximum absolute atomic E-state index is 14.0. The van der Waals surface area contributed by atoms with Crippen LogP contribution >= 0.6 is 0 Å². The summed E-state index contributed by atoms with van der Waals surface area (Å²) in [6.45, 7) is 5.38. The number of nitrogens with one attached hydrogen (secondary N) is 4. The van der Waals surface area contributed by atoms with Crippen molar-refractivity contribution < 1.29 is 27.9 Å². The molecule has 16 heteroatoms. The van der Waals surface area contributed by atoms with Crippen LogP contribution in [0.25, 0.3) is 21.9 Å². The summed E-state index contributed by atoms with van der Waals surface area (Å²) in [5.41, 5.74) is 6.02. The number of aryl methyl sites for hydroxylation is 1. The van der Waals surface area contributed by atoms with Crippen molar-refractivity contribution in [1.29, 1.82) is 0 Å². The Morgan fingerprint density at radius 1 is 0.889 bits per heavy atom. The Labute approximate surface area is 361 Å². The van der Waals surface area contributed by atoms with Crippen molar-refractivity contribution in [3.8, 4) is 11.8 Å². The molecule has 3 fully saturated rings. The molecular weight excluding hydrogens is 809 g/mol. The van der Waals surface area contributed by atoms with E-state index in [1.807, 2.05) is 48.5 Å². The first kappa shape index (κ1) is 41.5. The van der Waals surface area contributed by atoms with E-state index >= 15 is 0 Å². The number of nitrogens with zero attached hydrogens (tertiary/aromatic N) is 5. The van der Waals surface area contributed by atoms with Gasteiger partial charge in [0.2, 0.25) is 11.8 Å². The Balaban J connectivity index is 0.841. The van der Waals surface area contributed by atoms with Gasteiger partial charge in [-0.2, -0.15) is 5.10 Å². The number of hydrogen-bond acceptors (Lipinski definition) is 9. The van der Waals surface area contributed by atoms with Gasteiger partial charge >= 0.3 is 5.69 Å². The van der Waals surface area contributed by atoms with Crippen LogP contribution in [0.3, 0.4) is 0 Å². The average Bonchev–Trinajstić information content (AvgIpc) is 3.78. The number of ether oxygens (including phenoxy) is 1. The molecule has 4 aromatic carbocycles. The number of rotatable bonds is 10. The lowest BCUT2D eigenvalue weighted by Crippen LogP contribution is -2.46. The molecule has 63 heavy (non-hydrogen) atoms. The highest BCUT2D eigenvalue weighted by molar-refractivity contribution is 6.11. The quantitative estimate of drug-likeness (QED) is 0.104. The lowest BCUT2D eigenvalue weighted by atomic mass is 10.0. The number of benzene rings is 4. The molecule has 0 saturated carbocycles. The van der Waals surface area contributed by atoms with E-state index in [9.17, 15) is 28.0 Å². The molecule has 1 atom stereocenters. The van der Waals surface area contributed by atoms with Crippen molar-refractivity contribution in [2.75, 3.05) is 61.5 Å². The summed E-state index contributed by atoms with van der Waals surface area (Å²) in [6, 6.07) is 19.9. The van der Waals surface area contributed by atoms with Crippen molar-refractivity contribution in [1.82, 2.24) is 29.5 Å². The second-order valence-electron chi connectivity index (χ2n) is 16.4. The molecule has 5 heterocycles. The summed E-state index contributed by atoms with van der Waals surface area (Å²) < 4.78 is 36.3. The van der Waals surface area contributed by atoms with Gasteiger partial charge in [0.1, 0.15) is 17.7 Å². The Bertz CT molecular complexity index is 2840. The second kappa shape index (κ2) is 17.9. The van der Waals surface area contributed by atoms with Crippen molar-refractivity contribution in [3.63, 3.8) is 0 Å². The minimum Gasteiger partial charge on any atom is -0.381 e. The van der Waals surface area contributed by atoms with Gasteiger partial charge in [-0.05, 0) is 97.5 Å². The van der Waals surface area contributed by atoms with Gasteiger partial charge in [0.05, 0.1) is 22.1 Å². The van der Waals surface area contributed by atoms with Crippen LogP contribution in [0.4, 0.5) is 26.0 Å². The van der Waals surface area contributed by atoms with E-state index in [0.717, 1.165) is 74.1 Å². The van der Waals surface area contributed by atoms with E-state index in [1.54, 1.807) is 7.05 Å². The number of H-pyrrole nitrogens is 1. The van der Waals surface area contributed by atoms with Gasteiger partial charge in [-0.3, -0.25) is 38.8 Å². The van der Waals surface area contributed by atoms with Crippen LogP contribution in [-0.4, -0.2) is 93.9 Å². The van der Waals surface area contributed by atoms with Gasteiger partial charge in [0, 0.05) is 100 Å². The number of imidazole rings is 1. The molecule has 3 aliphatic rings. The van der Waals surface area contributed by atoms with Crippen molar-refractivity contribution in [3.05, 3.63) is 117 Å². The lowest BCUT2D eigenvalue weighted by molar-refractivity contribution is -0.135. The van der Waals surface area contributed by atoms with E-state index < -0.39 is 23.6 Å². The molecule has 3 saturated heterocycles. The fraction of sp³-hybridized carbons (Fsp3) is 0.340. The number of carbonyl (C=O) groups is 3. The first-order valence-corrected chi connectivity index (χ1v) is 21.3. The fourth-order valence-corrected chi connectivity index (χ4v) is 8.78.